The van der Waals surface area contributed by atoms with Crippen LogP contribution in [-0.4, -0.2) is 28.2 Å². The third-order valence-corrected chi connectivity index (χ3v) is 4.64. The highest BCUT2D eigenvalue weighted by atomic mass is 16.5. The van der Waals surface area contributed by atoms with E-state index in [1.54, 1.807) is 36.4 Å². The molecule has 0 fully saturated rings. The maximum atomic E-state index is 13.0. The van der Waals surface area contributed by atoms with E-state index in [1.165, 1.54) is 16.7 Å². The third kappa shape index (κ3) is 4.20. The van der Waals surface area contributed by atoms with Crippen LogP contribution in [0.4, 0.5) is 5.69 Å². The standard InChI is InChI=1S/C23H24N2O5/c1-3-13-25-18-8-6-5-7-17(18)20(26)19(22(25)28)21(27)24-16-11-9-15(10-12-16)23(29)30-14-4-2/h5-12,26H,3-4,13-14H2,1-2H3,(H,24,27). The van der Waals surface area contributed by atoms with Gasteiger partial charge >= 0.3 is 5.97 Å². The lowest BCUT2D eigenvalue weighted by atomic mass is 10.1. The summed E-state index contributed by atoms with van der Waals surface area (Å²) >= 11 is 0. The number of rotatable bonds is 7. The summed E-state index contributed by atoms with van der Waals surface area (Å²) in [5, 5.41) is 13.7. The van der Waals surface area contributed by atoms with E-state index in [0.717, 1.165) is 6.42 Å². The number of esters is 1. The normalized spacial score (nSPS) is 10.7. The SMILES string of the molecule is CCCOC(=O)c1ccc(NC(=O)c2c(O)c3ccccc3n(CCC)c2=O)cc1. The smallest absolute Gasteiger partial charge is 0.338 e. The van der Waals surface area contributed by atoms with Crippen LogP contribution >= 0.6 is 0 Å². The van der Waals surface area contributed by atoms with E-state index in [1.807, 2.05) is 13.8 Å². The molecule has 2 N–H and O–H groups in total. The van der Waals surface area contributed by atoms with Gasteiger partial charge in [0, 0.05) is 17.6 Å². The maximum absolute atomic E-state index is 13.0. The van der Waals surface area contributed by atoms with Gasteiger partial charge in [0.05, 0.1) is 17.7 Å². The number of carbonyl (C=O) groups excluding carboxylic acids is 2. The van der Waals surface area contributed by atoms with Gasteiger partial charge < -0.3 is 19.7 Å². The Morgan fingerprint density at radius 1 is 1.03 bits per heavy atom. The topological polar surface area (TPSA) is 97.6 Å². The zero-order valence-electron chi connectivity index (χ0n) is 17.0. The highest BCUT2D eigenvalue weighted by Crippen LogP contribution is 2.27. The molecule has 156 valence electrons. The molecule has 0 atom stereocenters. The van der Waals surface area contributed by atoms with Crippen LogP contribution in [0.2, 0.25) is 0 Å². The van der Waals surface area contributed by atoms with Gasteiger partial charge in [-0.25, -0.2) is 4.79 Å². The van der Waals surface area contributed by atoms with E-state index in [2.05, 4.69) is 5.32 Å². The fourth-order valence-electron chi connectivity index (χ4n) is 3.20. The summed E-state index contributed by atoms with van der Waals surface area (Å²) in [7, 11) is 0. The predicted octanol–water partition coefficient (Wildman–Crippen LogP) is 3.94. The Kier molecular flexibility index (Phi) is 6.51. The Balaban J connectivity index is 1.92. The number of amides is 1. The number of nitrogens with one attached hydrogen (secondary N) is 1. The lowest BCUT2D eigenvalue weighted by Crippen LogP contribution is -2.29. The minimum Gasteiger partial charge on any atom is -0.506 e. The fourth-order valence-corrected chi connectivity index (χ4v) is 3.20. The first kappa shape index (κ1) is 21.1. The van der Waals surface area contributed by atoms with Crippen molar-refractivity contribution >= 4 is 28.5 Å². The number of para-hydroxylation sites is 1. The van der Waals surface area contributed by atoms with Crippen molar-refractivity contribution in [3.05, 3.63) is 70.0 Å². The van der Waals surface area contributed by atoms with Gasteiger partial charge in [-0.15, -0.1) is 0 Å². The largest absolute Gasteiger partial charge is 0.506 e. The van der Waals surface area contributed by atoms with E-state index in [9.17, 15) is 19.5 Å². The van der Waals surface area contributed by atoms with Crippen LogP contribution in [0.5, 0.6) is 5.75 Å². The average molecular weight is 408 g/mol. The van der Waals surface area contributed by atoms with Gasteiger partial charge in [-0.2, -0.15) is 0 Å². The van der Waals surface area contributed by atoms with E-state index < -0.39 is 17.4 Å². The molecular formula is C23H24N2O5. The molecule has 0 bridgehead atoms. The molecule has 0 aliphatic rings. The molecule has 7 nitrogen and oxygen atoms in total. The predicted molar refractivity (Wildman–Crippen MR) is 115 cm³/mol. The van der Waals surface area contributed by atoms with E-state index in [-0.39, 0.29) is 11.3 Å². The number of benzene rings is 2. The van der Waals surface area contributed by atoms with Gasteiger partial charge in [-0.1, -0.05) is 26.0 Å². The molecule has 0 saturated heterocycles. The number of aromatic nitrogens is 1. The monoisotopic (exact) mass is 408 g/mol. The molecule has 0 spiro atoms. The molecule has 0 unspecified atom stereocenters. The molecule has 3 rings (SSSR count). The zero-order valence-corrected chi connectivity index (χ0v) is 17.0. The van der Waals surface area contributed by atoms with Crippen LogP contribution < -0.4 is 10.9 Å². The summed E-state index contributed by atoms with van der Waals surface area (Å²) in [6.45, 7) is 4.60. The Morgan fingerprint density at radius 2 is 1.73 bits per heavy atom. The zero-order chi connectivity index (χ0) is 21.7. The van der Waals surface area contributed by atoms with Crippen LogP contribution in [0.15, 0.2) is 53.3 Å². The molecule has 0 aliphatic heterocycles. The summed E-state index contributed by atoms with van der Waals surface area (Å²) in [6.07, 6.45) is 1.43. The van der Waals surface area contributed by atoms with Crippen molar-refractivity contribution in [2.45, 2.75) is 33.2 Å². The molecule has 7 heteroatoms. The Hall–Kier alpha value is -3.61. The van der Waals surface area contributed by atoms with Crippen molar-refractivity contribution in [3.8, 4) is 5.75 Å². The second-order valence-corrected chi connectivity index (χ2v) is 6.86. The van der Waals surface area contributed by atoms with Crippen molar-refractivity contribution in [1.82, 2.24) is 4.57 Å². The second kappa shape index (κ2) is 9.26. The van der Waals surface area contributed by atoms with Gasteiger partial charge in [0.2, 0.25) is 0 Å². The van der Waals surface area contributed by atoms with Crippen LogP contribution in [-0.2, 0) is 11.3 Å². The molecule has 1 heterocycles. The van der Waals surface area contributed by atoms with Crippen LogP contribution in [0, 0.1) is 0 Å². The quantitative estimate of drug-likeness (QED) is 0.577. The molecule has 3 aromatic rings. The summed E-state index contributed by atoms with van der Waals surface area (Å²) < 4.78 is 6.57. The number of fused-ring (bicyclic) bond motifs is 1. The molecular weight excluding hydrogens is 384 g/mol. The number of pyridine rings is 1. The molecule has 0 saturated carbocycles. The van der Waals surface area contributed by atoms with E-state index >= 15 is 0 Å². The highest BCUT2D eigenvalue weighted by Gasteiger charge is 2.22. The molecule has 2 aromatic carbocycles. The number of carbonyl (C=O) groups is 2. The van der Waals surface area contributed by atoms with Gasteiger partial charge in [-0.3, -0.25) is 9.59 Å². The lowest BCUT2D eigenvalue weighted by molar-refractivity contribution is 0.0505. The number of hydrogen-bond donors (Lipinski definition) is 2. The molecule has 1 aromatic heterocycles. The number of ether oxygens (including phenoxy) is 1. The maximum Gasteiger partial charge on any atom is 0.338 e. The third-order valence-electron chi connectivity index (χ3n) is 4.64. The van der Waals surface area contributed by atoms with Crippen molar-refractivity contribution in [3.63, 3.8) is 0 Å². The van der Waals surface area contributed by atoms with Crippen LogP contribution in [0.1, 0.15) is 47.4 Å². The second-order valence-electron chi connectivity index (χ2n) is 6.86. The summed E-state index contributed by atoms with van der Waals surface area (Å²) in [5.41, 5.74) is 0.466. The van der Waals surface area contributed by atoms with Crippen molar-refractivity contribution in [2.24, 2.45) is 0 Å². The Labute approximate surface area is 173 Å². The lowest BCUT2D eigenvalue weighted by Gasteiger charge is -2.14. The van der Waals surface area contributed by atoms with Gasteiger partial charge in [-0.05, 0) is 49.2 Å². The minimum atomic E-state index is -0.714. The number of aryl methyl sites for hydroxylation is 1. The molecule has 0 radical (unpaired) electrons. The number of aromatic hydroxyl groups is 1. The number of anilines is 1. The average Bonchev–Trinajstić information content (AvgIpc) is 2.75. The van der Waals surface area contributed by atoms with Crippen LogP contribution in [0.3, 0.4) is 0 Å². The molecule has 0 aliphatic carbocycles. The number of hydrogen-bond acceptors (Lipinski definition) is 5. The van der Waals surface area contributed by atoms with Crippen molar-refractivity contribution in [1.29, 1.82) is 0 Å². The van der Waals surface area contributed by atoms with Gasteiger partial charge in [0.25, 0.3) is 11.5 Å². The first-order valence-electron chi connectivity index (χ1n) is 9.91. The molecule has 1 amide bonds. The van der Waals surface area contributed by atoms with Crippen molar-refractivity contribution in [2.75, 3.05) is 11.9 Å². The Bertz CT molecular complexity index is 1130. The highest BCUT2D eigenvalue weighted by molar-refractivity contribution is 6.09. The summed E-state index contributed by atoms with van der Waals surface area (Å²) in [5.74, 6) is -1.50. The van der Waals surface area contributed by atoms with Crippen molar-refractivity contribution < 1.29 is 19.4 Å². The Morgan fingerprint density at radius 3 is 2.40 bits per heavy atom. The molecule has 30 heavy (non-hydrogen) atoms. The van der Waals surface area contributed by atoms with E-state index in [4.69, 9.17) is 4.74 Å². The summed E-state index contributed by atoms with van der Waals surface area (Å²) in [6, 6.07) is 13.1. The first-order valence-corrected chi connectivity index (χ1v) is 9.91. The number of nitrogens with zero attached hydrogens (tertiary/aromatic N) is 1. The minimum absolute atomic E-state index is 0.311. The first-order chi connectivity index (χ1) is 14.5. The van der Waals surface area contributed by atoms with Gasteiger partial charge in [0.1, 0.15) is 11.3 Å². The van der Waals surface area contributed by atoms with Crippen LogP contribution in [0.25, 0.3) is 10.9 Å². The van der Waals surface area contributed by atoms with E-state index in [0.29, 0.717) is 41.7 Å². The van der Waals surface area contributed by atoms with Gasteiger partial charge in [0.15, 0.2) is 0 Å². The fraction of sp³-hybridized carbons (Fsp3) is 0.261. The summed E-state index contributed by atoms with van der Waals surface area (Å²) in [4.78, 5) is 37.7.